The fraction of sp³-hybridized carbons (Fsp3) is 0.200. The van der Waals surface area contributed by atoms with E-state index in [0.29, 0.717) is 0 Å². The number of rotatable bonds is 2. The van der Waals surface area contributed by atoms with Gasteiger partial charge in [0, 0.05) is 0 Å². The highest BCUT2D eigenvalue weighted by atomic mass is 28.3. The number of halogens is 3. The highest BCUT2D eigenvalue weighted by Crippen LogP contribution is 2.30. The van der Waals surface area contributed by atoms with Crippen LogP contribution in [0.25, 0.3) is 11.1 Å². The van der Waals surface area contributed by atoms with Gasteiger partial charge in [0.1, 0.15) is 0 Å². The molecule has 0 unspecified atom stereocenters. The fourth-order valence-corrected chi connectivity index (χ4v) is 3.21. The summed E-state index contributed by atoms with van der Waals surface area (Å²) in [6.45, 7) is 4.35. The first kappa shape index (κ1) is 13.9. The molecule has 0 aliphatic heterocycles. The van der Waals surface area contributed by atoms with Crippen LogP contribution >= 0.6 is 0 Å². The quantitative estimate of drug-likeness (QED) is 0.718. The summed E-state index contributed by atoms with van der Waals surface area (Å²) in [6, 6.07) is 13.3. The molecule has 0 aliphatic rings. The Bertz CT molecular complexity index is 556. The van der Waals surface area contributed by atoms with Crippen LogP contribution in [0, 0.1) is 0 Å². The maximum absolute atomic E-state index is 12.5. The largest absolute Gasteiger partial charge is 0.416 e. The van der Waals surface area contributed by atoms with Crippen molar-refractivity contribution in [3.05, 3.63) is 54.1 Å². The molecule has 0 saturated carbocycles. The van der Waals surface area contributed by atoms with E-state index >= 15 is 0 Å². The summed E-state index contributed by atoms with van der Waals surface area (Å²) >= 11 is 0. The number of hydrogen-bond acceptors (Lipinski definition) is 0. The van der Waals surface area contributed by atoms with Crippen LogP contribution in [0.2, 0.25) is 13.1 Å². The van der Waals surface area contributed by atoms with Gasteiger partial charge in [-0.05, 0) is 23.3 Å². The molecule has 0 aromatic heterocycles. The molecule has 0 N–H and O–H groups in total. The molecule has 0 aliphatic carbocycles. The average molecular weight is 279 g/mol. The molecule has 0 saturated heterocycles. The van der Waals surface area contributed by atoms with Gasteiger partial charge in [0.2, 0.25) is 0 Å². The van der Waals surface area contributed by atoms with Crippen molar-refractivity contribution in [1.82, 2.24) is 0 Å². The summed E-state index contributed by atoms with van der Waals surface area (Å²) < 4.78 is 37.6. The average Bonchev–Trinajstić information content (AvgIpc) is 2.38. The van der Waals surface area contributed by atoms with Crippen LogP contribution in [0.5, 0.6) is 0 Å². The first-order valence-corrected chi connectivity index (χ1v) is 8.47. The second kappa shape index (κ2) is 5.21. The monoisotopic (exact) mass is 279 g/mol. The molecule has 2 aromatic carbocycles. The summed E-state index contributed by atoms with van der Waals surface area (Å²) in [4.78, 5) is 0. The van der Waals surface area contributed by atoms with E-state index in [0.717, 1.165) is 23.3 Å². The van der Waals surface area contributed by atoms with Crippen molar-refractivity contribution in [2.75, 3.05) is 0 Å². The third kappa shape index (κ3) is 3.07. The van der Waals surface area contributed by atoms with Gasteiger partial charge >= 0.3 is 6.18 Å². The maximum atomic E-state index is 12.5. The topological polar surface area (TPSA) is 0 Å². The first-order valence-electron chi connectivity index (χ1n) is 5.97. The lowest BCUT2D eigenvalue weighted by molar-refractivity contribution is -0.137. The molecule has 0 bridgehead atoms. The highest BCUT2D eigenvalue weighted by molar-refractivity contribution is 6.72. The zero-order valence-corrected chi connectivity index (χ0v) is 11.8. The van der Waals surface area contributed by atoms with Crippen molar-refractivity contribution in [3.8, 4) is 11.1 Å². The van der Waals surface area contributed by atoms with Crippen LogP contribution in [-0.4, -0.2) is 8.80 Å². The smallest absolute Gasteiger partial charge is 0.166 e. The van der Waals surface area contributed by atoms with E-state index in [4.69, 9.17) is 0 Å². The lowest BCUT2D eigenvalue weighted by Crippen LogP contribution is -2.24. The Morgan fingerprint density at radius 3 is 1.95 bits per heavy atom. The minimum absolute atomic E-state index is 0.604. The number of benzene rings is 2. The van der Waals surface area contributed by atoms with E-state index in [1.807, 2.05) is 18.2 Å². The Kier molecular flexibility index (Phi) is 3.80. The second-order valence-electron chi connectivity index (χ2n) is 4.62. The standard InChI is InChI=1S/C15H14F3Si/c1-19(2)14-6-4-3-5-13(14)11-7-9-12(10-8-11)15(16,17)18/h3-10H,1-2H3. The van der Waals surface area contributed by atoms with Crippen LogP contribution in [0.3, 0.4) is 0 Å². The summed E-state index contributed by atoms with van der Waals surface area (Å²) in [6.07, 6.45) is -4.28. The first-order chi connectivity index (χ1) is 8.89. The Morgan fingerprint density at radius 2 is 1.42 bits per heavy atom. The van der Waals surface area contributed by atoms with Crippen molar-refractivity contribution in [2.45, 2.75) is 19.3 Å². The fourth-order valence-electron chi connectivity index (χ4n) is 2.01. The lowest BCUT2D eigenvalue weighted by Gasteiger charge is -2.13. The Hall–Kier alpha value is -1.55. The molecule has 0 atom stereocenters. The molecule has 4 heteroatoms. The van der Waals surface area contributed by atoms with Crippen molar-refractivity contribution in [2.24, 2.45) is 0 Å². The summed E-state index contributed by atoms with van der Waals surface area (Å²) in [5, 5.41) is 1.24. The number of alkyl halides is 3. The minimum atomic E-state index is -4.28. The van der Waals surface area contributed by atoms with Gasteiger partial charge in [-0.1, -0.05) is 54.7 Å². The Morgan fingerprint density at radius 1 is 0.842 bits per heavy atom. The molecule has 0 amide bonds. The molecule has 1 radical (unpaired) electrons. The molecular formula is C15H14F3Si. The van der Waals surface area contributed by atoms with Crippen molar-refractivity contribution in [3.63, 3.8) is 0 Å². The summed E-state index contributed by atoms with van der Waals surface area (Å²) in [5.74, 6) is 0. The van der Waals surface area contributed by atoms with Gasteiger partial charge in [0.05, 0.1) is 14.4 Å². The van der Waals surface area contributed by atoms with Gasteiger partial charge in [-0.15, -0.1) is 0 Å². The normalized spacial score (nSPS) is 11.9. The van der Waals surface area contributed by atoms with Crippen molar-refractivity contribution < 1.29 is 13.2 Å². The third-order valence-electron chi connectivity index (χ3n) is 2.99. The molecule has 0 fully saturated rings. The SMILES string of the molecule is C[Si](C)c1ccccc1-c1ccc(C(F)(F)F)cc1. The predicted octanol–water partition coefficient (Wildman–Crippen LogP) is 4.33. The van der Waals surface area contributed by atoms with Crippen molar-refractivity contribution in [1.29, 1.82) is 0 Å². The van der Waals surface area contributed by atoms with Gasteiger partial charge < -0.3 is 0 Å². The van der Waals surface area contributed by atoms with Crippen LogP contribution in [0.15, 0.2) is 48.5 Å². The predicted molar refractivity (Wildman–Crippen MR) is 74.0 cm³/mol. The van der Waals surface area contributed by atoms with Gasteiger partial charge in [0.15, 0.2) is 0 Å². The highest BCUT2D eigenvalue weighted by Gasteiger charge is 2.30. The molecule has 2 rings (SSSR count). The minimum Gasteiger partial charge on any atom is -0.166 e. The maximum Gasteiger partial charge on any atom is 0.416 e. The van der Waals surface area contributed by atoms with Gasteiger partial charge in [-0.3, -0.25) is 0 Å². The third-order valence-corrected chi connectivity index (χ3v) is 4.50. The van der Waals surface area contributed by atoms with Crippen LogP contribution in [0.4, 0.5) is 13.2 Å². The zero-order valence-electron chi connectivity index (χ0n) is 10.8. The molecular weight excluding hydrogens is 265 g/mol. The van der Waals surface area contributed by atoms with E-state index in [9.17, 15) is 13.2 Å². The van der Waals surface area contributed by atoms with E-state index in [1.165, 1.54) is 5.19 Å². The van der Waals surface area contributed by atoms with Crippen LogP contribution < -0.4 is 5.19 Å². The molecule has 0 nitrogen and oxygen atoms in total. The van der Waals surface area contributed by atoms with E-state index in [2.05, 4.69) is 19.2 Å². The molecule has 99 valence electrons. The molecule has 0 heterocycles. The van der Waals surface area contributed by atoms with Crippen LogP contribution in [-0.2, 0) is 6.18 Å². The van der Waals surface area contributed by atoms with Gasteiger partial charge in [0.25, 0.3) is 0 Å². The van der Waals surface area contributed by atoms with E-state index in [-0.39, 0.29) is 0 Å². The molecule has 2 aromatic rings. The van der Waals surface area contributed by atoms with Gasteiger partial charge in [-0.25, -0.2) is 0 Å². The van der Waals surface area contributed by atoms with E-state index < -0.39 is 20.5 Å². The Labute approximate surface area is 112 Å². The summed E-state index contributed by atoms with van der Waals surface area (Å²) in [5.41, 5.74) is 1.28. The number of hydrogen-bond donors (Lipinski definition) is 0. The Balaban J connectivity index is 2.43. The van der Waals surface area contributed by atoms with E-state index in [1.54, 1.807) is 12.1 Å². The second-order valence-corrected chi connectivity index (χ2v) is 7.16. The van der Waals surface area contributed by atoms with Gasteiger partial charge in [-0.2, -0.15) is 13.2 Å². The summed E-state index contributed by atoms with van der Waals surface area (Å²) in [7, 11) is -0.649. The molecule has 0 spiro atoms. The molecule has 19 heavy (non-hydrogen) atoms. The zero-order chi connectivity index (χ0) is 14.0. The lowest BCUT2D eigenvalue weighted by atomic mass is 10.0. The van der Waals surface area contributed by atoms with Crippen molar-refractivity contribution >= 4 is 14.0 Å². The van der Waals surface area contributed by atoms with Crippen LogP contribution in [0.1, 0.15) is 5.56 Å².